The molecule has 3 atom stereocenters. The Kier molecular flexibility index (Phi) is 5.50. The highest BCUT2D eigenvalue weighted by Crippen LogP contribution is 2.29. The van der Waals surface area contributed by atoms with Gasteiger partial charge in [-0.3, -0.25) is 4.79 Å². The van der Waals surface area contributed by atoms with Crippen molar-refractivity contribution in [1.29, 1.82) is 0 Å². The SMILES string of the molecule is C[C@@H]1[C@H](C)CCC[C@@H]1NC(=O)CSc1nnnn1-c1ccccc1. The van der Waals surface area contributed by atoms with Crippen molar-refractivity contribution >= 4 is 17.7 Å². The number of nitrogens with one attached hydrogen (secondary N) is 1. The predicted molar refractivity (Wildman–Crippen MR) is 94.0 cm³/mol. The van der Waals surface area contributed by atoms with Crippen molar-refractivity contribution in [2.75, 3.05) is 5.75 Å². The van der Waals surface area contributed by atoms with Gasteiger partial charge in [-0.1, -0.05) is 56.7 Å². The summed E-state index contributed by atoms with van der Waals surface area (Å²) in [5.41, 5.74) is 0.889. The largest absolute Gasteiger partial charge is 0.352 e. The smallest absolute Gasteiger partial charge is 0.230 e. The summed E-state index contributed by atoms with van der Waals surface area (Å²) in [5.74, 6) is 1.57. The van der Waals surface area contributed by atoms with Crippen molar-refractivity contribution in [3.63, 3.8) is 0 Å². The molecular weight excluding hydrogens is 322 g/mol. The first-order chi connectivity index (χ1) is 11.6. The maximum Gasteiger partial charge on any atom is 0.230 e. The fraction of sp³-hybridized carbons (Fsp3) is 0.529. The Labute approximate surface area is 146 Å². The summed E-state index contributed by atoms with van der Waals surface area (Å²) in [6, 6.07) is 9.97. The molecule has 0 radical (unpaired) electrons. The zero-order valence-corrected chi connectivity index (χ0v) is 14.9. The van der Waals surface area contributed by atoms with Gasteiger partial charge in [0, 0.05) is 6.04 Å². The van der Waals surface area contributed by atoms with Gasteiger partial charge in [0.25, 0.3) is 0 Å². The van der Waals surface area contributed by atoms with Crippen molar-refractivity contribution in [3.8, 4) is 5.69 Å². The van der Waals surface area contributed by atoms with Crippen molar-refractivity contribution in [2.24, 2.45) is 11.8 Å². The van der Waals surface area contributed by atoms with Crippen LogP contribution in [0.2, 0.25) is 0 Å². The number of tetrazole rings is 1. The fourth-order valence-electron chi connectivity index (χ4n) is 3.16. The zero-order chi connectivity index (χ0) is 16.9. The van der Waals surface area contributed by atoms with Gasteiger partial charge in [0.1, 0.15) is 0 Å². The van der Waals surface area contributed by atoms with E-state index in [0.717, 1.165) is 12.1 Å². The third-order valence-electron chi connectivity index (χ3n) is 4.83. The lowest BCUT2D eigenvalue weighted by atomic mass is 9.78. The quantitative estimate of drug-likeness (QED) is 0.844. The van der Waals surface area contributed by atoms with Gasteiger partial charge in [0.05, 0.1) is 11.4 Å². The van der Waals surface area contributed by atoms with Crippen LogP contribution >= 0.6 is 11.8 Å². The molecule has 7 heteroatoms. The number of benzene rings is 1. The van der Waals surface area contributed by atoms with E-state index in [0.29, 0.717) is 22.7 Å². The molecule has 0 bridgehead atoms. The number of carbonyl (C=O) groups excluding carboxylic acids is 1. The lowest BCUT2D eigenvalue weighted by molar-refractivity contribution is -0.120. The van der Waals surface area contributed by atoms with E-state index in [1.165, 1.54) is 24.6 Å². The highest BCUT2D eigenvalue weighted by Gasteiger charge is 2.28. The molecule has 1 amide bonds. The molecule has 1 aliphatic rings. The Hall–Kier alpha value is -1.89. The van der Waals surface area contributed by atoms with E-state index in [4.69, 9.17) is 0 Å². The number of hydrogen-bond acceptors (Lipinski definition) is 5. The van der Waals surface area contributed by atoms with E-state index >= 15 is 0 Å². The van der Waals surface area contributed by atoms with Gasteiger partial charge in [0.2, 0.25) is 11.1 Å². The standard InChI is InChI=1S/C17H23N5OS/c1-12-7-6-10-15(13(12)2)18-16(23)11-24-17-19-20-21-22(17)14-8-4-3-5-9-14/h3-5,8-9,12-13,15H,6-7,10-11H2,1-2H3,(H,18,23)/t12-,13-,15+/m1/s1. The van der Waals surface area contributed by atoms with E-state index in [1.54, 1.807) is 4.68 Å². The van der Waals surface area contributed by atoms with E-state index in [2.05, 4.69) is 34.7 Å². The first-order valence-corrected chi connectivity index (χ1v) is 9.39. The molecule has 0 unspecified atom stereocenters. The van der Waals surface area contributed by atoms with Crippen molar-refractivity contribution in [3.05, 3.63) is 30.3 Å². The summed E-state index contributed by atoms with van der Waals surface area (Å²) in [5, 5.41) is 15.6. The van der Waals surface area contributed by atoms with E-state index in [9.17, 15) is 4.79 Å². The molecule has 1 N–H and O–H groups in total. The second kappa shape index (κ2) is 7.79. The minimum absolute atomic E-state index is 0.0496. The normalized spacial score (nSPS) is 23.8. The van der Waals surface area contributed by atoms with Crippen LogP contribution in [0.5, 0.6) is 0 Å². The first-order valence-electron chi connectivity index (χ1n) is 8.41. The summed E-state index contributed by atoms with van der Waals surface area (Å²) in [6.07, 6.45) is 3.52. The lowest BCUT2D eigenvalue weighted by Gasteiger charge is -2.34. The molecule has 1 fully saturated rings. The Bertz CT molecular complexity index is 675. The van der Waals surface area contributed by atoms with Gasteiger partial charge < -0.3 is 5.32 Å². The van der Waals surface area contributed by atoms with E-state index in [-0.39, 0.29) is 11.9 Å². The third kappa shape index (κ3) is 3.95. The number of rotatable bonds is 5. The van der Waals surface area contributed by atoms with Crippen LogP contribution in [0.4, 0.5) is 0 Å². The summed E-state index contributed by atoms with van der Waals surface area (Å²) >= 11 is 1.36. The molecule has 0 saturated heterocycles. The molecule has 3 rings (SSSR count). The van der Waals surface area contributed by atoms with Crippen LogP contribution in [0.25, 0.3) is 5.69 Å². The van der Waals surface area contributed by atoms with Crippen LogP contribution in [-0.2, 0) is 4.79 Å². The molecule has 6 nitrogen and oxygen atoms in total. The number of amides is 1. The average molecular weight is 345 g/mol. The number of carbonyl (C=O) groups is 1. The van der Waals surface area contributed by atoms with Gasteiger partial charge in [-0.15, -0.1) is 5.10 Å². The first kappa shape index (κ1) is 17.0. The summed E-state index contributed by atoms with van der Waals surface area (Å²) in [7, 11) is 0. The predicted octanol–water partition coefficient (Wildman–Crippen LogP) is 2.70. The molecule has 1 heterocycles. The van der Waals surface area contributed by atoms with Gasteiger partial charge in [-0.05, 0) is 40.8 Å². The molecule has 24 heavy (non-hydrogen) atoms. The second-order valence-electron chi connectivity index (χ2n) is 6.44. The number of nitrogens with zero attached hydrogens (tertiary/aromatic N) is 4. The highest BCUT2D eigenvalue weighted by atomic mass is 32.2. The fourth-order valence-corrected chi connectivity index (χ4v) is 3.87. The molecule has 2 aromatic rings. The third-order valence-corrected chi connectivity index (χ3v) is 5.75. The minimum atomic E-state index is 0.0496. The summed E-state index contributed by atoms with van der Waals surface area (Å²) < 4.78 is 1.66. The van der Waals surface area contributed by atoms with Gasteiger partial charge in [0.15, 0.2) is 0 Å². The number of para-hydroxylation sites is 1. The van der Waals surface area contributed by atoms with Crippen molar-refractivity contribution in [1.82, 2.24) is 25.5 Å². The lowest BCUT2D eigenvalue weighted by Crippen LogP contribution is -2.44. The summed E-state index contributed by atoms with van der Waals surface area (Å²) in [4.78, 5) is 12.3. The molecular formula is C17H23N5OS. The Morgan fingerprint density at radius 1 is 1.29 bits per heavy atom. The van der Waals surface area contributed by atoms with E-state index < -0.39 is 0 Å². The number of hydrogen-bond donors (Lipinski definition) is 1. The molecule has 1 aromatic carbocycles. The van der Waals surface area contributed by atoms with Crippen LogP contribution in [0.15, 0.2) is 35.5 Å². The Morgan fingerprint density at radius 2 is 2.08 bits per heavy atom. The van der Waals surface area contributed by atoms with Crippen LogP contribution in [0.3, 0.4) is 0 Å². The maximum absolute atomic E-state index is 12.3. The van der Waals surface area contributed by atoms with Crippen LogP contribution in [-0.4, -0.2) is 37.9 Å². The van der Waals surface area contributed by atoms with Crippen LogP contribution < -0.4 is 5.32 Å². The molecule has 0 spiro atoms. The van der Waals surface area contributed by atoms with Crippen LogP contribution in [0.1, 0.15) is 33.1 Å². The Balaban J connectivity index is 1.57. The van der Waals surface area contributed by atoms with Gasteiger partial charge in [-0.2, -0.15) is 4.68 Å². The Morgan fingerprint density at radius 3 is 2.88 bits per heavy atom. The molecule has 0 aliphatic heterocycles. The second-order valence-corrected chi connectivity index (χ2v) is 7.38. The van der Waals surface area contributed by atoms with Crippen molar-refractivity contribution < 1.29 is 4.79 Å². The van der Waals surface area contributed by atoms with Crippen molar-refractivity contribution in [2.45, 2.75) is 44.3 Å². The highest BCUT2D eigenvalue weighted by molar-refractivity contribution is 7.99. The molecule has 1 aromatic heterocycles. The molecule has 1 aliphatic carbocycles. The summed E-state index contributed by atoms with van der Waals surface area (Å²) in [6.45, 7) is 4.50. The van der Waals surface area contributed by atoms with Gasteiger partial charge >= 0.3 is 0 Å². The molecule has 128 valence electrons. The van der Waals surface area contributed by atoms with Crippen LogP contribution in [0, 0.1) is 11.8 Å². The van der Waals surface area contributed by atoms with Gasteiger partial charge in [-0.25, -0.2) is 0 Å². The number of aromatic nitrogens is 4. The average Bonchev–Trinajstić information content (AvgIpc) is 3.06. The molecule has 1 saturated carbocycles. The zero-order valence-electron chi connectivity index (χ0n) is 14.1. The number of thioether (sulfide) groups is 1. The topological polar surface area (TPSA) is 72.7 Å². The van der Waals surface area contributed by atoms with E-state index in [1.807, 2.05) is 30.3 Å². The minimum Gasteiger partial charge on any atom is -0.352 e. The monoisotopic (exact) mass is 345 g/mol. The maximum atomic E-state index is 12.3.